The Balaban J connectivity index is 0.00000121. The van der Waals surface area contributed by atoms with Crippen molar-refractivity contribution in [1.29, 1.82) is 0 Å². The van der Waals surface area contributed by atoms with Crippen molar-refractivity contribution < 1.29 is 67.0 Å². The molecule has 0 fully saturated rings. The predicted molar refractivity (Wildman–Crippen MR) is 40.2 cm³/mol. The molecule has 0 aromatic carbocycles. The van der Waals surface area contributed by atoms with Crippen LogP contribution in [0.3, 0.4) is 0 Å². The molecule has 1 rings (SSSR count). The number of hydrogen-bond donors (Lipinski definition) is 0. The van der Waals surface area contributed by atoms with Crippen LogP contribution in [0.15, 0.2) is 13.6 Å². The van der Waals surface area contributed by atoms with E-state index in [0.717, 1.165) is 0 Å². The van der Waals surface area contributed by atoms with Crippen LogP contribution < -0.4 is 64.0 Å². The molecule has 1 aromatic rings. The summed E-state index contributed by atoms with van der Waals surface area (Å²) in [4.78, 5) is 10.5. The minimum atomic E-state index is -0.630. The average molecular weight is 241 g/mol. The van der Waals surface area contributed by atoms with Crippen LogP contribution in [0.1, 0.15) is 25.4 Å². The maximum Gasteiger partial charge on any atom is 1.00 e. The van der Waals surface area contributed by atoms with E-state index in [1.54, 1.807) is 6.92 Å². The van der Waals surface area contributed by atoms with Crippen LogP contribution in [0.5, 0.6) is 0 Å². The molecule has 0 aliphatic carbocycles. The average Bonchev–Trinajstić information content (AvgIpc) is 2.09. The summed E-state index contributed by atoms with van der Waals surface area (Å²) < 4.78 is 9.41. The van der Waals surface area contributed by atoms with Gasteiger partial charge in [-0.25, -0.2) is 4.79 Å². The summed E-state index contributed by atoms with van der Waals surface area (Å²) in [5.74, 6) is 0.817. The summed E-state index contributed by atoms with van der Waals surface area (Å²) in [5.41, 5.74) is 0. The van der Waals surface area contributed by atoms with Gasteiger partial charge < -0.3 is 8.83 Å². The van der Waals surface area contributed by atoms with Crippen LogP contribution in [0.4, 0.5) is 0 Å². The van der Waals surface area contributed by atoms with Gasteiger partial charge in [0.25, 0.3) is 0 Å². The molecule has 12 heavy (non-hydrogen) atoms. The second kappa shape index (κ2) is 5.42. The van der Waals surface area contributed by atoms with Gasteiger partial charge in [-0.05, 0) is 5.76 Å². The van der Waals surface area contributed by atoms with Gasteiger partial charge in [-0.15, -0.1) is 0 Å². The molecule has 1 heterocycles. The Morgan fingerprint density at radius 1 is 1.33 bits per heavy atom. The summed E-state index contributed by atoms with van der Waals surface area (Å²) in [6.45, 7) is 5.72. The summed E-state index contributed by atoms with van der Waals surface area (Å²) in [6, 6.07) is 0. The van der Waals surface area contributed by atoms with E-state index < -0.39 is 5.82 Å². The zero-order chi connectivity index (χ0) is 8.43. The Hall–Kier alpha value is 0.685. The van der Waals surface area contributed by atoms with Crippen LogP contribution in [0, 0.1) is 19.3 Å². The van der Waals surface area contributed by atoms with Gasteiger partial charge in [0, 0.05) is 5.76 Å². The fraction of sp³-hybridized carbons (Fsp3) is 0.500. The van der Waals surface area contributed by atoms with Gasteiger partial charge >= 0.3 is 64.0 Å². The fourth-order valence-electron chi connectivity index (χ4n) is 0.812. The normalized spacial score (nSPS) is 9.67. The molecule has 0 aliphatic heterocycles. The molecule has 0 saturated heterocycles. The van der Waals surface area contributed by atoms with E-state index in [-0.39, 0.29) is 58.2 Å². The minimum Gasteiger partial charge on any atom is -0.490 e. The van der Waals surface area contributed by atoms with Crippen LogP contribution >= 0.6 is 0 Å². The number of aryl methyl sites for hydroxylation is 1. The van der Waals surface area contributed by atoms with Crippen LogP contribution in [0.2, 0.25) is 0 Å². The van der Waals surface area contributed by atoms with Gasteiger partial charge in [0.2, 0.25) is 0 Å². The van der Waals surface area contributed by atoms with E-state index in [9.17, 15) is 4.79 Å². The van der Waals surface area contributed by atoms with E-state index in [2.05, 4.69) is 4.42 Å². The van der Waals surface area contributed by atoms with Crippen molar-refractivity contribution in [3.8, 4) is 0 Å². The fourth-order valence-corrected chi connectivity index (χ4v) is 0.812. The molecule has 0 saturated carbocycles. The first-order chi connectivity index (χ1) is 5.09. The van der Waals surface area contributed by atoms with Gasteiger partial charge in [-0.1, -0.05) is 26.7 Å². The molecule has 0 aliphatic rings. The van der Waals surface area contributed by atoms with Gasteiger partial charge in [-0.3, -0.25) is 0 Å². The predicted octanol–water partition coefficient (Wildman–Crippen LogP) is -1.25. The molecule has 0 radical (unpaired) electrons. The smallest absolute Gasteiger partial charge is 0.490 e. The van der Waals surface area contributed by atoms with E-state index in [4.69, 9.17) is 4.42 Å². The molecule has 4 heteroatoms. The van der Waals surface area contributed by atoms with Gasteiger partial charge in [0.1, 0.15) is 0 Å². The molecule has 3 nitrogen and oxygen atoms in total. The molecule has 0 unspecified atom stereocenters. The largest absolute Gasteiger partial charge is 1.00 e. The standard InChI is InChI=1S/C8H11O3.Rb/c1-5(2)4-7-6(3)10-8(9)11-7;/h4-5H,1-3H3;/q-1;+1. The minimum absolute atomic E-state index is 0. The molecule has 62 valence electrons. The summed E-state index contributed by atoms with van der Waals surface area (Å²) >= 11 is 0. The summed E-state index contributed by atoms with van der Waals surface area (Å²) in [7, 11) is 0. The summed E-state index contributed by atoms with van der Waals surface area (Å²) in [6.07, 6.45) is 1.85. The first-order valence-corrected chi connectivity index (χ1v) is 3.55. The van der Waals surface area contributed by atoms with Crippen molar-refractivity contribution in [3.63, 3.8) is 0 Å². The van der Waals surface area contributed by atoms with Gasteiger partial charge in [0.05, 0.1) is 0 Å². The van der Waals surface area contributed by atoms with Crippen molar-refractivity contribution in [2.24, 2.45) is 5.92 Å². The monoisotopic (exact) mass is 240 g/mol. The molecular formula is C8H11O3Rb. The Kier molecular flexibility index (Phi) is 5.73. The van der Waals surface area contributed by atoms with Crippen molar-refractivity contribution in [1.82, 2.24) is 0 Å². The van der Waals surface area contributed by atoms with Crippen LogP contribution in [0.25, 0.3) is 0 Å². The molecule has 0 N–H and O–H groups in total. The molecule has 1 aromatic heterocycles. The van der Waals surface area contributed by atoms with Crippen LogP contribution in [-0.4, -0.2) is 0 Å². The maximum atomic E-state index is 10.5. The van der Waals surface area contributed by atoms with Crippen molar-refractivity contribution in [2.75, 3.05) is 0 Å². The summed E-state index contributed by atoms with van der Waals surface area (Å²) in [5, 5.41) is 0. The van der Waals surface area contributed by atoms with Crippen LogP contribution in [-0.2, 0) is 0 Å². The third-order valence-corrected chi connectivity index (χ3v) is 1.26. The van der Waals surface area contributed by atoms with Crippen molar-refractivity contribution >= 4 is 0 Å². The van der Waals surface area contributed by atoms with Crippen molar-refractivity contribution in [3.05, 3.63) is 28.6 Å². The van der Waals surface area contributed by atoms with E-state index >= 15 is 0 Å². The Morgan fingerprint density at radius 3 is 2.25 bits per heavy atom. The van der Waals surface area contributed by atoms with Gasteiger partial charge in [0.15, 0.2) is 0 Å². The van der Waals surface area contributed by atoms with E-state index in [1.165, 1.54) is 0 Å². The second-order valence-corrected chi connectivity index (χ2v) is 2.79. The van der Waals surface area contributed by atoms with Crippen molar-refractivity contribution in [2.45, 2.75) is 20.8 Å². The number of hydrogen-bond acceptors (Lipinski definition) is 3. The topological polar surface area (TPSA) is 43.4 Å². The maximum absolute atomic E-state index is 10.5. The van der Waals surface area contributed by atoms with Gasteiger partial charge in [-0.2, -0.15) is 6.42 Å². The third-order valence-electron chi connectivity index (χ3n) is 1.26. The Labute approximate surface area is 120 Å². The second-order valence-electron chi connectivity index (χ2n) is 2.79. The molecule has 0 amide bonds. The third kappa shape index (κ3) is 3.60. The molecule has 0 atom stereocenters. The quantitative estimate of drug-likeness (QED) is 0.607. The first kappa shape index (κ1) is 12.7. The molecule has 0 spiro atoms. The Morgan fingerprint density at radius 2 is 1.92 bits per heavy atom. The molecule has 0 bridgehead atoms. The zero-order valence-electron chi connectivity index (χ0n) is 7.88. The molecular weight excluding hydrogens is 230 g/mol. The van der Waals surface area contributed by atoms with E-state index in [1.807, 2.05) is 20.3 Å². The zero-order valence-corrected chi connectivity index (χ0v) is 12.8. The number of rotatable bonds is 2. The SMILES string of the molecule is Cc1oc(=O)oc1[CH-]C(C)C.[Rb+]. The first-order valence-electron chi connectivity index (χ1n) is 3.55. The Bertz CT molecular complexity index is 285. The van der Waals surface area contributed by atoms with E-state index in [0.29, 0.717) is 17.4 Å².